The Labute approximate surface area is 188 Å². The lowest BCUT2D eigenvalue weighted by atomic mass is 9.69. The number of anilines is 1. The van der Waals surface area contributed by atoms with Crippen LogP contribution in [0.1, 0.15) is 50.0 Å². The Balaban J connectivity index is 1.73. The molecule has 0 bridgehead atoms. The minimum atomic E-state index is -4.51. The zero-order chi connectivity index (χ0) is 23.3. The van der Waals surface area contributed by atoms with E-state index in [2.05, 4.69) is 10.6 Å². The predicted molar refractivity (Wildman–Crippen MR) is 118 cm³/mol. The van der Waals surface area contributed by atoms with Crippen molar-refractivity contribution in [2.45, 2.75) is 45.7 Å². The molecular formula is C24H23F3N2O2S. The smallest absolute Gasteiger partial charge is 0.362 e. The van der Waals surface area contributed by atoms with E-state index in [1.54, 1.807) is 6.92 Å². The number of carbonyl (C=O) groups excluding carboxylic acids is 2. The first-order valence-corrected chi connectivity index (χ1v) is 11.1. The summed E-state index contributed by atoms with van der Waals surface area (Å²) in [5, 5.41) is 7.74. The van der Waals surface area contributed by atoms with E-state index in [-0.39, 0.29) is 16.9 Å². The summed E-state index contributed by atoms with van der Waals surface area (Å²) < 4.78 is 39.3. The Morgan fingerprint density at radius 2 is 1.94 bits per heavy atom. The first-order chi connectivity index (χ1) is 15.0. The van der Waals surface area contributed by atoms with Crippen molar-refractivity contribution in [2.24, 2.45) is 5.41 Å². The molecule has 0 spiro atoms. The molecule has 1 aliphatic carbocycles. The molecule has 0 unspecified atom stereocenters. The van der Waals surface area contributed by atoms with Crippen molar-refractivity contribution < 1.29 is 22.8 Å². The number of carbonyl (C=O) groups is 2. The van der Waals surface area contributed by atoms with Crippen LogP contribution >= 0.6 is 11.3 Å². The van der Waals surface area contributed by atoms with Gasteiger partial charge in [0.2, 0.25) is 0 Å². The SMILES string of the molecule is CC1=C(C(=O)Nc2cccc(C(F)(F)F)c2)[C@@H](c2cccs2)C2=C(CC(C)(C)CC2=O)N1. The normalized spacial score (nSPS) is 20.7. The second-order valence-electron chi connectivity index (χ2n) is 8.98. The fourth-order valence-electron chi connectivity index (χ4n) is 4.45. The van der Waals surface area contributed by atoms with Crippen molar-refractivity contribution in [3.05, 3.63) is 74.8 Å². The number of dihydropyridines is 1. The number of thiophene rings is 1. The minimum Gasteiger partial charge on any atom is -0.362 e. The number of allylic oxidation sites excluding steroid dienone is 3. The van der Waals surface area contributed by atoms with Crippen molar-refractivity contribution in [3.8, 4) is 0 Å². The van der Waals surface area contributed by atoms with Gasteiger partial charge >= 0.3 is 6.18 Å². The third-order valence-electron chi connectivity index (χ3n) is 5.76. The number of ketones is 1. The van der Waals surface area contributed by atoms with E-state index in [9.17, 15) is 22.8 Å². The number of hydrogen-bond acceptors (Lipinski definition) is 4. The molecular weight excluding hydrogens is 437 g/mol. The number of hydrogen-bond donors (Lipinski definition) is 2. The first-order valence-electron chi connectivity index (χ1n) is 10.2. The molecule has 1 amide bonds. The Bertz CT molecular complexity index is 1140. The number of benzene rings is 1. The van der Waals surface area contributed by atoms with Crippen LogP contribution in [0.5, 0.6) is 0 Å². The summed E-state index contributed by atoms with van der Waals surface area (Å²) in [5.41, 5.74) is 1.34. The van der Waals surface area contributed by atoms with E-state index in [0.29, 0.717) is 29.7 Å². The number of alkyl halides is 3. The zero-order valence-corrected chi connectivity index (χ0v) is 18.7. The maximum absolute atomic E-state index is 13.3. The van der Waals surface area contributed by atoms with Crippen LogP contribution in [0.4, 0.5) is 18.9 Å². The number of rotatable bonds is 3. The third-order valence-corrected chi connectivity index (χ3v) is 6.70. The van der Waals surface area contributed by atoms with Crippen LogP contribution in [0, 0.1) is 5.41 Å². The van der Waals surface area contributed by atoms with E-state index in [1.807, 2.05) is 31.4 Å². The molecule has 2 aliphatic rings. The fourth-order valence-corrected chi connectivity index (χ4v) is 5.29. The van der Waals surface area contributed by atoms with E-state index >= 15 is 0 Å². The van der Waals surface area contributed by atoms with Gasteiger partial charge in [0, 0.05) is 39.5 Å². The highest BCUT2D eigenvalue weighted by molar-refractivity contribution is 7.10. The Morgan fingerprint density at radius 3 is 2.59 bits per heavy atom. The van der Waals surface area contributed by atoms with Gasteiger partial charge < -0.3 is 10.6 Å². The number of nitrogens with one attached hydrogen (secondary N) is 2. The summed E-state index contributed by atoms with van der Waals surface area (Å²) in [6.45, 7) is 5.83. The molecule has 1 aliphatic heterocycles. The molecule has 168 valence electrons. The Hall–Kier alpha value is -2.87. The largest absolute Gasteiger partial charge is 0.416 e. The monoisotopic (exact) mass is 460 g/mol. The molecule has 8 heteroatoms. The maximum Gasteiger partial charge on any atom is 0.416 e. The molecule has 4 nitrogen and oxygen atoms in total. The fraction of sp³-hybridized carbons (Fsp3) is 0.333. The van der Waals surface area contributed by atoms with Crippen molar-refractivity contribution in [1.82, 2.24) is 5.32 Å². The summed E-state index contributed by atoms with van der Waals surface area (Å²) in [6, 6.07) is 8.27. The van der Waals surface area contributed by atoms with Crippen LogP contribution in [0.2, 0.25) is 0 Å². The predicted octanol–water partition coefficient (Wildman–Crippen LogP) is 6.01. The van der Waals surface area contributed by atoms with Crippen molar-refractivity contribution in [3.63, 3.8) is 0 Å². The highest BCUT2D eigenvalue weighted by Gasteiger charge is 2.43. The number of Topliss-reactive ketones (excluding diaryl/α,β-unsaturated/α-hetero) is 1. The second-order valence-corrected chi connectivity index (χ2v) is 9.96. The molecule has 32 heavy (non-hydrogen) atoms. The molecule has 2 N–H and O–H groups in total. The van der Waals surface area contributed by atoms with E-state index in [1.165, 1.54) is 23.5 Å². The van der Waals surface area contributed by atoms with Gasteiger partial charge in [-0.05, 0) is 48.4 Å². The van der Waals surface area contributed by atoms with Gasteiger partial charge in [-0.2, -0.15) is 13.2 Å². The summed E-state index contributed by atoms with van der Waals surface area (Å²) in [6.07, 6.45) is -3.46. The Kier molecular flexibility index (Phi) is 5.53. The van der Waals surface area contributed by atoms with Crippen molar-refractivity contribution in [2.75, 3.05) is 5.32 Å². The summed E-state index contributed by atoms with van der Waals surface area (Å²) in [5.74, 6) is -1.10. The van der Waals surface area contributed by atoms with E-state index in [0.717, 1.165) is 22.7 Å². The van der Waals surface area contributed by atoms with Gasteiger partial charge in [-0.3, -0.25) is 9.59 Å². The summed E-state index contributed by atoms with van der Waals surface area (Å²) in [7, 11) is 0. The molecule has 1 aromatic carbocycles. The Morgan fingerprint density at radius 1 is 1.19 bits per heavy atom. The molecule has 0 fully saturated rings. The average molecular weight is 461 g/mol. The number of amides is 1. The maximum atomic E-state index is 13.3. The van der Waals surface area contributed by atoms with Crippen LogP contribution in [0.3, 0.4) is 0 Å². The lowest BCUT2D eigenvalue weighted by Gasteiger charge is -2.39. The lowest BCUT2D eigenvalue weighted by molar-refractivity contribution is -0.137. The van der Waals surface area contributed by atoms with Crippen LogP contribution in [0.15, 0.2) is 64.3 Å². The van der Waals surface area contributed by atoms with Crippen LogP contribution in [0.25, 0.3) is 0 Å². The van der Waals surface area contributed by atoms with Crippen LogP contribution in [-0.2, 0) is 15.8 Å². The number of halogens is 3. The standard InChI is InChI=1S/C24H23F3N2O2S/c1-13-19(22(31)29-15-7-4-6-14(10-15)24(25,26)27)21(18-8-5-9-32-18)20-16(28-13)11-23(2,3)12-17(20)30/h4-10,21,28H,11-12H2,1-3H3,(H,29,31)/t21-/m1/s1. The van der Waals surface area contributed by atoms with Gasteiger partial charge in [-0.25, -0.2) is 0 Å². The molecule has 1 atom stereocenters. The van der Waals surface area contributed by atoms with E-state index < -0.39 is 23.6 Å². The van der Waals surface area contributed by atoms with Gasteiger partial charge in [0.1, 0.15) is 0 Å². The highest BCUT2D eigenvalue weighted by atomic mass is 32.1. The average Bonchev–Trinajstić information content (AvgIpc) is 3.19. The zero-order valence-electron chi connectivity index (χ0n) is 17.9. The van der Waals surface area contributed by atoms with Gasteiger partial charge in [-0.15, -0.1) is 11.3 Å². The second kappa shape index (κ2) is 7.92. The summed E-state index contributed by atoms with van der Waals surface area (Å²) in [4.78, 5) is 27.3. The third kappa shape index (κ3) is 4.24. The summed E-state index contributed by atoms with van der Waals surface area (Å²) >= 11 is 1.45. The molecule has 0 saturated heterocycles. The molecule has 1 aromatic heterocycles. The van der Waals surface area contributed by atoms with Gasteiger partial charge in [0.15, 0.2) is 5.78 Å². The quantitative estimate of drug-likeness (QED) is 0.590. The molecule has 4 rings (SSSR count). The van der Waals surface area contributed by atoms with Crippen LogP contribution in [-0.4, -0.2) is 11.7 Å². The lowest BCUT2D eigenvalue weighted by Crippen LogP contribution is -2.39. The van der Waals surface area contributed by atoms with Gasteiger partial charge in [0.25, 0.3) is 5.91 Å². The minimum absolute atomic E-state index is 0.0148. The van der Waals surface area contributed by atoms with Gasteiger partial charge in [0.05, 0.1) is 11.5 Å². The first kappa shape index (κ1) is 22.3. The van der Waals surface area contributed by atoms with Crippen molar-refractivity contribution in [1.29, 1.82) is 0 Å². The molecule has 0 radical (unpaired) electrons. The van der Waals surface area contributed by atoms with Crippen LogP contribution < -0.4 is 10.6 Å². The van der Waals surface area contributed by atoms with Gasteiger partial charge in [-0.1, -0.05) is 26.0 Å². The molecule has 2 heterocycles. The topological polar surface area (TPSA) is 58.2 Å². The van der Waals surface area contributed by atoms with Crippen molar-refractivity contribution >= 4 is 28.7 Å². The molecule has 2 aromatic rings. The van der Waals surface area contributed by atoms with E-state index in [4.69, 9.17) is 0 Å². The molecule has 0 saturated carbocycles. The highest BCUT2D eigenvalue weighted by Crippen LogP contribution is 2.47.